The van der Waals surface area contributed by atoms with Gasteiger partial charge in [0.25, 0.3) is 0 Å². The van der Waals surface area contributed by atoms with E-state index >= 15 is 0 Å². The minimum absolute atomic E-state index is 0.159. The molecule has 1 N–H and O–H groups in total. The number of aryl methyl sites for hydroxylation is 2. The van der Waals surface area contributed by atoms with Gasteiger partial charge < -0.3 is 9.84 Å². The molecule has 0 radical (unpaired) electrons. The minimum Gasteiger partial charge on any atom is -0.361 e. The Morgan fingerprint density at radius 3 is 2.43 bits per heavy atom. The maximum Gasteiger partial charge on any atom is 0.138 e. The molecule has 114 valence electrons. The molecule has 2 aromatic rings. The van der Waals surface area contributed by atoms with E-state index in [2.05, 4.69) is 61.6 Å². The van der Waals surface area contributed by atoms with Crippen molar-refractivity contribution in [3.8, 4) is 0 Å². The molecule has 1 atom stereocenters. The van der Waals surface area contributed by atoms with Gasteiger partial charge in [-0.05, 0) is 38.2 Å². The summed E-state index contributed by atoms with van der Waals surface area (Å²) >= 11 is 0. The molecule has 0 fully saturated rings. The highest BCUT2D eigenvalue weighted by atomic mass is 16.5. The van der Waals surface area contributed by atoms with Gasteiger partial charge in [0.2, 0.25) is 0 Å². The van der Waals surface area contributed by atoms with Crippen LogP contribution < -0.4 is 5.32 Å². The van der Waals surface area contributed by atoms with E-state index in [-0.39, 0.29) is 5.41 Å². The lowest BCUT2D eigenvalue weighted by Gasteiger charge is -2.29. The molecule has 1 aromatic heterocycles. The molecule has 0 bridgehead atoms. The van der Waals surface area contributed by atoms with Crippen LogP contribution in [-0.4, -0.2) is 11.2 Å². The van der Waals surface area contributed by atoms with Crippen LogP contribution in [0, 0.1) is 13.8 Å². The highest BCUT2D eigenvalue weighted by molar-refractivity contribution is 5.24. The Morgan fingerprint density at radius 1 is 1.19 bits per heavy atom. The molecule has 2 rings (SSSR count). The van der Waals surface area contributed by atoms with Crippen LogP contribution in [0.4, 0.5) is 0 Å². The molecule has 0 spiro atoms. The predicted octanol–water partition coefficient (Wildman–Crippen LogP) is 4.14. The smallest absolute Gasteiger partial charge is 0.138 e. The van der Waals surface area contributed by atoms with Gasteiger partial charge in [-0.15, -0.1) is 0 Å². The van der Waals surface area contributed by atoms with E-state index in [9.17, 15) is 0 Å². The Balaban J connectivity index is 1.94. The van der Waals surface area contributed by atoms with E-state index in [1.807, 2.05) is 13.8 Å². The molecular weight excluding hydrogens is 260 g/mol. The lowest BCUT2D eigenvalue weighted by molar-refractivity contribution is 0.382. The molecule has 0 aliphatic heterocycles. The lowest BCUT2D eigenvalue weighted by atomic mass is 9.79. The summed E-state index contributed by atoms with van der Waals surface area (Å²) in [4.78, 5) is 0. The topological polar surface area (TPSA) is 38.1 Å². The summed E-state index contributed by atoms with van der Waals surface area (Å²) in [5.74, 6) is 0.912. The number of aromatic nitrogens is 1. The van der Waals surface area contributed by atoms with Crippen molar-refractivity contribution in [2.75, 3.05) is 0 Å². The Bertz CT molecular complexity index is 553. The van der Waals surface area contributed by atoms with Crippen LogP contribution in [0.1, 0.15) is 49.8 Å². The van der Waals surface area contributed by atoms with E-state index < -0.39 is 0 Å². The van der Waals surface area contributed by atoms with Crippen molar-refractivity contribution in [2.24, 2.45) is 0 Å². The molecule has 0 aliphatic rings. The second kappa shape index (κ2) is 6.44. The largest absolute Gasteiger partial charge is 0.361 e. The van der Waals surface area contributed by atoms with Crippen molar-refractivity contribution in [1.82, 2.24) is 10.5 Å². The van der Waals surface area contributed by atoms with Gasteiger partial charge in [-0.25, -0.2) is 0 Å². The molecule has 0 saturated carbocycles. The van der Waals surface area contributed by atoms with Crippen LogP contribution in [0.3, 0.4) is 0 Å². The van der Waals surface area contributed by atoms with Crippen molar-refractivity contribution in [2.45, 2.75) is 59.0 Å². The third-order valence-corrected chi connectivity index (χ3v) is 4.18. The van der Waals surface area contributed by atoms with Crippen molar-refractivity contribution in [3.63, 3.8) is 0 Å². The summed E-state index contributed by atoms with van der Waals surface area (Å²) in [5.41, 5.74) is 3.71. The summed E-state index contributed by atoms with van der Waals surface area (Å²) in [6.45, 7) is 11.6. The fourth-order valence-corrected chi connectivity index (χ4v) is 2.88. The summed E-state index contributed by atoms with van der Waals surface area (Å²) in [5, 5.41) is 7.59. The van der Waals surface area contributed by atoms with E-state index in [1.54, 1.807) is 0 Å². The van der Waals surface area contributed by atoms with Crippen LogP contribution in [0.15, 0.2) is 34.9 Å². The first-order valence-corrected chi connectivity index (χ1v) is 7.61. The Kier molecular flexibility index (Phi) is 4.84. The van der Waals surface area contributed by atoms with Gasteiger partial charge >= 0.3 is 0 Å². The van der Waals surface area contributed by atoms with Crippen molar-refractivity contribution in [3.05, 3.63) is 52.9 Å². The Hall–Kier alpha value is -1.61. The van der Waals surface area contributed by atoms with Crippen LogP contribution in [0.25, 0.3) is 0 Å². The zero-order valence-corrected chi connectivity index (χ0v) is 13.7. The lowest BCUT2D eigenvalue weighted by Crippen LogP contribution is -2.33. The maximum atomic E-state index is 5.21. The van der Waals surface area contributed by atoms with Gasteiger partial charge in [-0.2, -0.15) is 0 Å². The monoisotopic (exact) mass is 286 g/mol. The molecule has 3 heteroatoms. The van der Waals surface area contributed by atoms with Crippen LogP contribution in [0.5, 0.6) is 0 Å². The van der Waals surface area contributed by atoms with Gasteiger partial charge in [-0.1, -0.05) is 49.3 Å². The summed E-state index contributed by atoms with van der Waals surface area (Å²) in [6, 6.07) is 11.1. The number of benzene rings is 1. The minimum atomic E-state index is 0.159. The fraction of sp³-hybridized carbons (Fsp3) is 0.500. The van der Waals surface area contributed by atoms with Gasteiger partial charge in [0.15, 0.2) is 0 Å². The molecule has 21 heavy (non-hydrogen) atoms. The summed E-state index contributed by atoms with van der Waals surface area (Å²) in [6.07, 6.45) is 1.08. The molecule has 0 saturated heterocycles. The van der Waals surface area contributed by atoms with Gasteiger partial charge in [-0.3, -0.25) is 0 Å². The summed E-state index contributed by atoms with van der Waals surface area (Å²) in [7, 11) is 0. The highest BCUT2D eigenvalue weighted by Crippen LogP contribution is 2.28. The second-order valence-electron chi connectivity index (χ2n) is 6.54. The number of nitrogens with zero attached hydrogens (tertiary/aromatic N) is 1. The average Bonchev–Trinajstić information content (AvgIpc) is 2.76. The number of nitrogens with one attached hydrogen (secondary N) is 1. The molecule has 1 aromatic carbocycles. The molecule has 0 aliphatic carbocycles. The average molecular weight is 286 g/mol. The molecule has 1 heterocycles. The first-order chi connectivity index (χ1) is 9.90. The van der Waals surface area contributed by atoms with Crippen LogP contribution in [-0.2, 0) is 12.0 Å². The zero-order valence-electron chi connectivity index (χ0n) is 13.7. The van der Waals surface area contributed by atoms with E-state index in [0.717, 1.165) is 24.4 Å². The van der Waals surface area contributed by atoms with Gasteiger partial charge in [0, 0.05) is 18.2 Å². The van der Waals surface area contributed by atoms with Crippen molar-refractivity contribution < 1.29 is 4.52 Å². The molecule has 0 amide bonds. The first kappa shape index (κ1) is 15.8. The number of hydrogen-bond donors (Lipinski definition) is 1. The SMILES string of the molecule is Cc1noc(C)c1CNC(C)CC(C)(C)c1ccccc1. The second-order valence-corrected chi connectivity index (χ2v) is 6.54. The molecule has 1 unspecified atom stereocenters. The van der Waals surface area contributed by atoms with E-state index in [4.69, 9.17) is 4.52 Å². The van der Waals surface area contributed by atoms with E-state index in [1.165, 1.54) is 11.1 Å². The third kappa shape index (κ3) is 3.94. The van der Waals surface area contributed by atoms with Crippen LogP contribution in [0.2, 0.25) is 0 Å². The zero-order chi connectivity index (χ0) is 15.5. The molecular formula is C18H26N2O. The summed E-state index contributed by atoms with van der Waals surface area (Å²) < 4.78 is 5.21. The van der Waals surface area contributed by atoms with Gasteiger partial charge in [0.05, 0.1) is 5.69 Å². The maximum absolute atomic E-state index is 5.21. The highest BCUT2D eigenvalue weighted by Gasteiger charge is 2.23. The number of rotatable bonds is 6. The normalized spacial score (nSPS) is 13.4. The van der Waals surface area contributed by atoms with Gasteiger partial charge in [0.1, 0.15) is 5.76 Å². The quantitative estimate of drug-likeness (QED) is 0.867. The predicted molar refractivity (Wildman–Crippen MR) is 86.4 cm³/mol. The Morgan fingerprint density at radius 2 is 1.86 bits per heavy atom. The van der Waals surface area contributed by atoms with Crippen molar-refractivity contribution in [1.29, 1.82) is 0 Å². The first-order valence-electron chi connectivity index (χ1n) is 7.61. The Labute approximate surface area is 127 Å². The van der Waals surface area contributed by atoms with Crippen molar-refractivity contribution >= 4 is 0 Å². The number of hydrogen-bond acceptors (Lipinski definition) is 3. The van der Waals surface area contributed by atoms with E-state index in [0.29, 0.717) is 6.04 Å². The third-order valence-electron chi connectivity index (χ3n) is 4.18. The standard InChI is InChI=1S/C18H26N2O/c1-13(19-12-17-14(2)20-21-15(17)3)11-18(4,5)16-9-7-6-8-10-16/h6-10,13,19H,11-12H2,1-5H3. The van der Waals surface area contributed by atoms with Crippen LogP contribution >= 0.6 is 0 Å². The fourth-order valence-electron chi connectivity index (χ4n) is 2.88. The molecule has 3 nitrogen and oxygen atoms in total.